The zero-order valence-electron chi connectivity index (χ0n) is 11.0. The van der Waals surface area contributed by atoms with Crippen molar-refractivity contribution in [1.29, 1.82) is 0 Å². The predicted octanol–water partition coefficient (Wildman–Crippen LogP) is 1.93. The Bertz CT molecular complexity index is 436. The number of amides is 1. The fourth-order valence-corrected chi connectivity index (χ4v) is 2.32. The number of hydrogen-bond acceptors (Lipinski definition) is 3. The quantitative estimate of drug-likeness (QED) is 0.698. The first-order valence-electron chi connectivity index (χ1n) is 6.16. The Labute approximate surface area is 118 Å². The van der Waals surface area contributed by atoms with Gasteiger partial charge < -0.3 is 10.4 Å². The SMILES string of the molecule is C[C@H](NC(=O)[C@H](CS)[C@H](C)c1ccccc1)C(=O)O. The van der Waals surface area contributed by atoms with E-state index in [2.05, 4.69) is 17.9 Å². The number of carboxylic acid groups (broad SMARTS) is 1. The van der Waals surface area contributed by atoms with Gasteiger partial charge in [-0.2, -0.15) is 12.6 Å². The first-order valence-corrected chi connectivity index (χ1v) is 6.79. The van der Waals surface area contributed by atoms with Gasteiger partial charge in [0.1, 0.15) is 6.04 Å². The van der Waals surface area contributed by atoms with Gasteiger partial charge in [0, 0.05) is 5.75 Å². The third-order valence-corrected chi connectivity index (χ3v) is 3.58. The maximum Gasteiger partial charge on any atom is 0.325 e. The minimum absolute atomic E-state index is 0.0142. The second-order valence-corrected chi connectivity index (χ2v) is 4.92. The Hall–Kier alpha value is -1.49. The molecule has 1 amide bonds. The molecule has 1 rings (SSSR count). The molecule has 0 spiro atoms. The van der Waals surface area contributed by atoms with Crippen LogP contribution in [0.1, 0.15) is 25.3 Å². The summed E-state index contributed by atoms with van der Waals surface area (Å²) in [4.78, 5) is 22.8. The highest BCUT2D eigenvalue weighted by Gasteiger charge is 2.27. The maximum atomic E-state index is 12.1. The first-order chi connectivity index (χ1) is 8.97. The van der Waals surface area contributed by atoms with Crippen LogP contribution >= 0.6 is 12.6 Å². The van der Waals surface area contributed by atoms with E-state index in [9.17, 15) is 9.59 Å². The van der Waals surface area contributed by atoms with Crippen molar-refractivity contribution in [3.8, 4) is 0 Å². The average Bonchev–Trinajstić information content (AvgIpc) is 2.40. The lowest BCUT2D eigenvalue weighted by Gasteiger charge is -2.23. The third kappa shape index (κ3) is 4.28. The van der Waals surface area contributed by atoms with Gasteiger partial charge in [0.15, 0.2) is 0 Å². The molecular formula is C14H19NO3S. The topological polar surface area (TPSA) is 66.4 Å². The highest BCUT2D eigenvalue weighted by atomic mass is 32.1. The van der Waals surface area contributed by atoms with E-state index in [1.807, 2.05) is 37.3 Å². The van der Waals surface area contributed by atoms with Crippen LogP contribution in [-0.4, -0.2) is 28.8 Å². The van der Waals surface area contributed by atoms with Crippen LogP contribution in [0.2, 0.25) is 0 Å². The lowest BCUT2D eigenvalue weighted by atomic mass is 9.88. The molecule has 104 valence electrons. The number of carbonyl (C=O) groups is 2. The normalized spacial score (nSPS) is 15.3. The Morgan fingerprint density at radius 3 is 2.32 bits per heavy atom. The van der Waals surface area contributed by atoms with Crippen LogP contribution in [0.5, 0.6) is 0 Å². The summed E-state index contributed by atoms with van der Waals surface area (Å²) in [5.41, 5.74) is 1.04. The zero-order valence-corrected chi connectivity index (χ0v) is 11.9. The van der Waals surface area contributed by atoms with Gasteiger partial charge in [-0.15, -0.1) is 0 Å². The van der Waals surface area contributed by atoms with Crippen molar-refractivity contribution in [2.75, 3.05) is 5.75 Å². The van der Waals surface area contributed by atoms with Crippen LogP contribution in [0.4, 0.5) is 0 Å². The summed E-state index contributed by atoms with van der Waals surface area (Å²) >= 11 is 4.21. The molecule has 19 heavy (non-hydrogen) atoms. The van der Waals surface area contributed by atoms with Crippen molar-refractivity contribution in [3.05, 3.63) is 35.9 Å². The molecule has 3 atom stereocenters. The molecule has 0 unspecified atom stereocenters. The second kappa shape index (κ2) is 7.19. The molecule has 2 N–H and O–H groups in total. The van der Waals surface area contributed by atoms with E-state index in [-0.39, 0.29) is 17.7 Å². The molecule has 0 fully saturated rings. The van der Waals surface area contributed by atoms with Gasteiger partial charge in [-0.25, -0.2) is 0 Å². The Balaban J connectivity index is 2.77. The zero-order chi connectivity index (χ0) is 14.4. The van der Waals surface area contributed by atoms with Crippen molar-refractivity contribution in [2.45, 2.75) is 25.8 Å². The molecule has 0 heterocycles. The maximum absolute atomic E-state index is 12.1. The molecule has 4 nitrogen and oxygen atoms in total. The van der Waals surface area contributed by atoms with Crippen LogP contribution in [0.15, 0.2) is 30.3 Å². The van der Waals surface area contributed by atoms with Crippen LogP contribution < -0.4 is 5.32 Å². The van der Waals surface area contributed by atoms with Gasteiger partial charge in [-0.3, -0.25) is 9.59 Å². The second-order valence-electron chi connectivity index (χ2n) is 4.56. The van der Waals surface area contributed by atoms with Gasteiger partial charge in [-0.1, -0.05) is 37.3 Å². The van der Waals surface area contributed by atoms with E-state index in [0.717, 1.165) is 5.56 Å². The van der Waals surface area contributed by atoms with E-state index in [1.165, 1.54) is 6.92 Å². The van der Waals surface area contributed by atoms with E-state index in [1.54, 1.807) is 0 Å². The fraction of sp³-hybridized carbons (Fsp3) is 0.429. The molecule has 1 aromatic carbocycles. The fourth-order valence-electron chi connectivity index (χ4n) is 1.84. The molecule has 0 bridgehead atoms. The van der Waals surface area contributed by atoms with Gasteiger partial charge in [-0.05, 0) is 18.4 Å². The Morgan fingerprint density at radius 1 is 1.26 bits per heavy atom. The van der Waals surface area contributed by atoms with E-state index in [0.29, 0.717) is 5.75 Å². The van der Waals surface area contributed by atoms with Gasteiger partial charge in [0.25, 0.3) is 0 Å². The van der Waals surface area contributed by atoms with Gasteiger partial charge >= 0.3 is 5.97 Å². The van der Waals surface area contributed by atoms with Crippen molar-refractivity contribution < 1.29 is 14.7 Å². The van der Waals surface area contributed by atoms with Crippen molar-refractivity contribution >= 4 is 24.5 Å². The molecule has 0 saturated carbocycles. The number of carbonyl (C=O) groups excluding carboxylic acids is 1. The van der Waals surface area contributed by atoms with Gasteiger partial charge in [0.2, 0.25) is 5.91 Å². The smallest absolute Gasteiger partial charge is 0.325 e. The predicted molar refractivity (Wildman–Crippen MR) is 77.4 cm³/mol. The van der Waals surface area contributed by atoms with Crippen molar-refractivity contribution in [3.63, 3.8) is 0 Å². The minimum Gasteiger partial charge on any atom is -0.480 e. The number of thiol groups is 1. The summed E-state index contributed by atoms with van der Waals surface area (Å²) in [6.07, 6.45) is 0. The summed E-state index contributed by atoms with van der Waals surface area (Å²) in [5.74, 6) is -1.32. The lowest BCUT2D eigenvalue weighted by Crippen LogP contribution is -2.43. The molecule has 0 aliphatic rings. The Kier molecular flexibility index (Phi) is 5.89. The summed E-state index contributed by atoms with van der Waals surface area (Å²) < 4.78 is 0. The minimum atomic E-state index is -1.04. The monoisotopic (exact) mass is 281 g/mol. The van der Waals surface area contributed by atoms with Crippen LogP contribution in [0.25, 0.3) is 0 Å². The van der Waals surface area contributed by atoms with Gasteiger partial charge in [0.05, 0.1) is 5.92 Å². The molecule has 1 aromatic rings. The Morgan fingerprint density at radius 2 is 1.84 bits per heavy atom. The van der Waals surface area contributed by atoms with E-state index < -0.39 is 12.0 Å². The van der Waals surface area contributed by atoms with Crippen LogP contribution in [0, 0.1) is 5.92 Å². The first kappa shape index (κ1) is 15.6. The molecule has 0 saturated heterocycles. The molecule has 0 aliphatic heterocycles. The number of nitrogens with one attached hydrogen (secondary N) is 1. The number of hydrogen-bond donors (Lipinski definition) is 3. The molecule has 0 aliphatic carbocycles. The average molecular weight is 281 g/mol. The summed E-state index contributed by atoms with van der Waals surface area (Å²) in [6, 6.07) is 8.76. The number of aliphatic carboxylic acids is 1. The van der Waals surface area contributed by atoms with Crippen LogP contribution in [-0.2, 0) is 9.59 Å². The molecular weight excluding hydrogens is 262 g/mol. The number of benzene rings is 1. The molecule has 5 heteroatoms. The largest absolute Gasteiger partial charge is 0.480 e. The summed E-state index contributed by atoms with van der Waals surface area (Å²) in [7, 11) is 0. The van der Waals surface area contributed by atoms with Crippen LogP contribution in [0.3, 0.4) is 0 Å². The van der Waals surface area contributed by atoms with E-state index in [4.69, 9.17) is 5.11 Å². The standard InChI is InChI=1S/C14H19NO3S/c1-9(11-6-4-3-5-7-11)12(8-19)13(16)15-10(2)14(17)18/h3-7,9-10,12,19H,8H2,1-2H3,(H,15,16)(H,17,18)/t9-,10+,12-/m1/s1. The lowest BCUT2D eigenvalue weighted by molar-refractivity contribution is -0.141. The van der Waals surface area contributed by atoms with E-state index >= 15 is 0 Å². The molecule has 0 radical (unpaired) electrons. The number of carboxylic acids is 1. The number of rotatable bonds is 6. The van der Waals surface area contributed by atoms with Crippen molar-refractivity contribution in [1.82, 2.24) is 5.32 Å². The third-order valence-electron chi connectivity index (χ3n) is 3.19. The molecule has 0 aromatic heterocycles. The summed E-state index contributed by atoms with van der Waals surface area (Å²) in [6.45, 7) is 3.39. The summed E-state index contributed by atoms with van der Waals surface area (Å²) in [5, 5.41) is 11.3. The highest BCUT2D eigenvalue weighted by molar-refractivity contribution is 7.80. The highest BCUT2D eigenvalue weighted by Crippen LogP contribution is 2.25. The van der Waals surface area contributed by atoms with Crippen molar-refractivity contribution in [2.24, 2.45) is 5.92 Å².